The lowest BCUT2D eigenvalue weighted by atomic mass is 10.1. The van der Waals surface area contributed by atoms with E-state index in [9.17, 15) is 8.76 Å². The molecule has 1 aromatic carbocycles. The van der Waals surface area contributed by atoms with Crippen LogP contribution < -0.4 is 15.2 Å². The molecule has 0 heterocycles. The summed E-state index contributed by atoms with van der Waals surface area (Å²) in [5.74, 6) is 1.06. The summed E-state index contributed by atoms with van der Waals surface area (Å²) < 4.78 is 31.7. The van der Waals surface area contributed by atoms with Crippen LogP contribution in [0.25, 0.3) is 0 Å². The first-order valence-corrected chi connectivity index (χ1v) is 6.45. The number of benzene rings is 1. The molecule has 1 aromatic rings. The van der Waals surface area contributed by atoms with Gasteiger partial charge in [0.15, 0.2) is 11.5 Å². The minimum atomic E-state index is -2.16. The molecule has 6 heteroatoms. The maximum Gasteiger partial charge on any atom is 0.161 e. The van der Waals surface area contributed by atoms with E-state index in [-0.39, 0.29) is 5.75 Å². The molecule has 2 atom stereocenters. The van der Waals surface area contributed by atoms with E-state index < -0.39 is 17.1 Å². The maximum absolute atomic E-state index is 10.6. The zero-order valence-corrected chi connectivity index (χ0v) is 10.7. The fourth-order valence-corrected chi connectivity index (χ4v) is 1.92. The Morgan fingerprint density at radius 2 is 2.18 bits per heavy atom. The van der Waals surface area contributed by atoms with E-state index in [2.05, 4.69) is 0 Å². The summed E-state index contributed by atoms with van der Waals surface area (Å²) in [6, 6.07) is 4.60. The molecular formula is C11H16NO4S-. The molecule has 0 spiro atoms. The van der Waals surface area contributed by atoms with Crippen LogP contribution in [0.4, 0.5) is 0 Å². The number of hydrogen-bond acceptors (Lipinski definition) is 5. The molecule has 2 N–H and O–H groups in total. The first-order chi connectivity index (χ1) is 8.08. The monoisotopic (exact) mass is 259 g/mol. The van der Waals surface area contributed by atoms with Crippen LogP contribution in [-0.2, 0) is 11.1 Å². The molecule has 1 unspecified atom stereocenters. The zero-order chi connectivity index (χ0) is 12.8. The van der Waals surface area contributed by atoms with Crippen molar-refractivity contribution in [3.63, 3.8) is 0 Å². The fourth-order valence-electron chi connectivity index (χ4n) is 1.44. The van der Waals surface area contributed by atoms with Gasteiger partial charge in [0.2, 0.25) is 0 Å². The second kappa shape index (κ2) is 6.58. The number of hydrogen-bond donors (Lipinski definition) is 1. The summed E-state index contributed by atoms with van der Waals surface area (Å²) in [4.78, 5) is 0. The number of methoxy groups -OCH3 is 1. The molecule has 5 nitrogen and oxygen atoms in total. The van der Waals surface area contributed by atoms with Gasteiger partial charge in [-0.2, -0.15) is 0 Å². The van der Waals surface area contributed by atoms with Crippen molar-refractivity contribution in [2.45, 2.75) is 13.0 Å². The van der Waals surface area contributed by atoms with Gasteiger partial charge in [-0.15, -0.1) is 0 Å². The maximum atomic E-state index is 10.6. The highest BCUT2D eigenvalue weighted by Gasteiger charge is 2.10. The quantitative estimate of drug-likeness (QED) is 0.608. The van der Waals surface area contributed by atoms with Crippen molar-refractivity contribution < 1.29 is 18.2 Å². The summed E-state index contributed by atoms with van der Waals surface area (Å²) >= 11 is -2.16. The Morgan fingerprint density at radius 1 is 1.47 bits per heavy atom. The minimum Gasteiger partial charge on any atom is -0.772 e. The first-order valence-electron chi connectivity index (χ1n) is 5.20. The highest BCUT2D eigenvalue weighted by atomic mass is 32.2. The molecule has 0 aliphatic carbocycles. The Balaban J connectivity index is 2.94. The predicted molar refractivity (Wildman–Crippen MR) is 64.9 cm³/mol. The van der Waals surface area contributed by atoms with E-state index in [4.69, 9.17) is 15.2 Å². The molecule has 0 aromatic heterocycles. The van der Waals surface area contributed by atoms with Gasteiger partial charge in [-0.1, -0.05) is 17.1 Å². The van der Waals surface area contributed by atoms with Crippen LogP contribution in [-0.4, -0.2) is 28.2 Å². The summed E-state index contributed by atoms with van der Waals surface area (Å²) in [5, 5.41) is 0. The van der Waals surface area contributed by atoms with Gasteiger partial charge in [-0.3, -0.25) is 4.21 Å². The summed E-state index contributed by atoms with van der Waals surface area (Å²) in [6.07, 6.45) is 0. The Kier molecular flexibility index (Phi) is 5.40. The van der Waals surface area contributed by atoms with Crippen molar-refractivity contribution >= 4 is 11.1 Å². The molecule has 1 rings (SSSR count). The molecule has 0 amide bonds. The molecular weight excluding hydrogens is 243 g/mol. The second-order valence-corrected chi connectivity index (χ2v) is 4.36. The van der Waals surface area contributed by atoms with E-state index in [1.807, 2.05) is 6.92 Å². The van der Waals surface area contributed by atoms with E-state index in [0.29, 0.717) is 23.7 Å². The van der Waals surface area contributed by atoms with Crippen LogP contribution in [0.1, 0.15) is 18.5 Å². The third-order valence-electron chi connectivity index (χ3n) is 2.23. The molecule has 0 aliphatic rings. The summed E-state index contributed by atoms with van der Waals surface area (Å²) in [7, 11) is 1.55. The van der Waals surface area contributed by atoms with Crippen molar-refractivity contribution in [3.8, 4) is 11.5 Å². The van der Waals surface area contributed by atoms with Crippen molar-refractivity contribution in [2.75, 3.05) is 19.5 Å². The number of nitrogens with two attached hydrogens (primary N) is 1. The Morgan fingerprint density at radius 3 is 2.71 bits per heavy atom. The molecule has 0 bridgehead atoms. The molecule has 0 saturated carbocycles. The van der Waals surface area contributed by atoms with E-state index in [1.54, 1.807) is 25.3 Å². The van der Waals surface area contributed by atoms with Gasteiger partial charge in [-0.25, -0.2) is 0 Å². The lowest BCUT2D eigenvalue weighted by Gasteiger charge is -2.16. The highest BCUT2D eigenvalue weighted by Crippen LogP contribution is 2.29. The van der Waals surface area contributed by atoms with Gasteiger partial charge < -0.3 is 19.8 Å². The molecule has 0 aliphatic heterocycles. The average Bonchev–Trinajstić information content (AvgIpc) is 2.28. The van der Waals surface area contributed by atoms with Crippen LogP contribution in [0.3, 0.4) is 0 Å². The molecule has 0 saturated heterocycles. The largest absolute Gasteiger partial charge is 0.772 e. The molecule has 96 valence electrons. The molecule has 0 radical (unpaired) electrons. The normalized spacial score (nSPS) is 14.1. The van der Waals surface area contributed by atoms with Gasteiger partial charge in [0.25, 0.3) is 0 Å². The summed E-state index contributed by atoms with van der Waals surface area (Å²) in [6.45, 7) is 2.36. The number of rotatable bonds is 6. The predicted octanol–water partition coefficient (Wildman–Crippen LogP) is 0.973. The standard InChI is InChI=1S/C11H17NO4S/c1-3-16-11-6-8(4-5-10(11)15-2)9(12)7-17(13)14/h4-6,9H,3,7,12H2,1-2H3,(H,13,14)/p-1/t9-/m1/s1/i7+1. The minimum absolute atomic E-state index is 0.113. The lowest BCUT2D eigenvalue weighted by molar-refractivity contribution is 0.310. The van der Waals surface area contributed by atoms with Crippen molar-refractivity contribution in [2.24, 2.45) is 5.73 Å². The lowest BCUT2D eigenvalue weighted by Crippen LogP contribution is -2.18. The van der Waals surface area contributed by atoms with E-state index >= 15 is 0 Å². The Labute approximate surface area is 103 Å². The molecule has 17 heavy (non-hydrogen) atoms. The SMILES string of the molecule is CCOc1cc([C@H](N)[13CH2]S(=O)[O-])ccc1OC. The van der Waals surface area contributed by atoms with Gasteiger partial charge in [0.05, 0.1) is 13.7 Å². The summed E-state index contributed by atoms with van der Waals surface area (Å²) in [5.41, 5.74) is 6.47. The molecule has 0 fully saturated rings. The third kappa shape index (κ3) is 3.99. The average molecular weight is 259 g/mol. The van der Waals surface area contributed by atoms with Crippen LogP contribution in [0.15, 0.2) is 18.2 Å². The van der Waals surface area contributed by atoms with Crippen LogP contribution in [0.2, 0.25) is 0 Å². The number of ether oxygens (including phenoxy) is 2. The van der Waals surface area contributed by atoms with Gasteiger partial charge >= 0.3 is 0 Å². The van der Waals surface area contributed by atoms with Crippen LogP contribution in [0, 0.1) is 0 Å². The third-order valence-corrected chi connectivity index (χ3v) is 2.86. The van der Waals surface area contributed by atoms with Gasteiger partial charge in [0.1, 0.15) is 0 Å². The Hall–Kier alpha value is -1.11. The fraction of sp³-hybridized carbons (Fsp3) is 0.455. The van der Waals surface area contributed by atoms with Crippen molar-refractivity contribution in [1.82, 2.24) is 0 Å². The van der Waals surface area contributed by atoms with Crippen molar-refractivity contribution in [3.05, 3.63) is 23.8 Å². The smallest absolute Gasteiger partial charge is 0.161 e. The van der Waals surface area contributed by atoms with E-state index in [0.717, 1.165) is 0 Å². The van der Waals surface area contributed by atoms with Crippen molar-refractivity contribution in [1.29, 1.82) is 0 Å². The van der Waals surface area contributed by atoms with E-state index in [1.165, 1.54) is 0 Å². The van der Waals surface area contributed by atoms with Gasteiger partial charge in [0, 0.05) is 11.8 Å². The zero-order valence-electron chi connectivity index (χ0n) is 9.84. The highest BCUT2D eigenvalue weighted by molar-refractivity contribution is 7.79. The van der Waals surface area contributed by atoms with Gasteiger partial charge in [-0.05, 0) is 24.6 Å². The van der Waals surface area contributed by atoms with Crippen LogP contribution in [0.5, 0.6) is 11.5 Å². The first kappa shape index (κ1) is 14.0. The Bertz CT molecular complexity index is 397. The topological polar surface area (TPSA) is 84.6 Å². The van der Waals surface area contributed by atoms with Crippen LogP contribution >= 0.6 is 0 Å². The second-order valence-electron chi connectivity index (χ2n) is 3.42.